The molecule has 3 rings (SSSR count). The minimum atomic E-state index is -0.123. The van der Waals surface area contributed by atoms with Crippen molar-refractivity contribution in [2.45, 2.75) is 65.5 Å². The fourth-order valence-corrected chi connectivity index (χ4v) is 4.29. The lowest BCUT2D eigenvalue weighted by Gasteiger charge is -2.46. The van der Waals surface area contributed by atoms with Gasteiger partial charge in [-0.1, -0.05) is 51.5 Å². The lowest BCUT2D eigenvalue weighted by molar-refractivity contribution is 0.0282. The van der Waals surface area contributed by atoms with Gasteiger partial charge in [0.25, 0.3) is 11.5 Å². The Kier molecular flexibility index (Phi) is 6.01. The lowest BCUT2D eigenvalue weighted by atomic mass is 9.75. The average molecular weight is 382 g/mol. The monoisotopic (exact) mass is 381 g/mol. The van der Waals surface area contributed by atoms with Crippen LogP contribution in [0.1, 0.15) is 63.4 Å². The lowest BCUT2D eigenvalue weighted by Crippen LogP contribution is -2.52. The third-order valence-corrected chi connectivity index (χ3v) is 5.94. The molecule has 1 aliphatic rings. The first kappa shape index (κ1) is 20.3. The minimum absolute atomic E-state index is 0.0224. The summed E-state index contributed by atoms with van der Waals surface area (Å²) in [7, 11) is 0. The van der Waals surface area contributed by atoms with Gasteiger partial charge in [0, 0.05) is 24.5 Å². The number of amides is 1. The molecule has 1 aromatic carbocycles. The van der Waals surface area contributed by atoms with Crippen LogP contribution in [0.5, 0.6) is 0 Å². The zero-order valence-electron chi connectivity index (χ0n) is 17.3. The van der Waals surface area contributed by atoms with E-state index in [-0.39, 0.29) is 22.9 Å². The molecule has 1 saturated heterocycles. The van der Waals surface area contributed by atoms with Gasteiger partial charge in [0.1, 0.15) is 0 Å². The standard InChI is InChI=1S/C23H31N3O2/c1-5-7-16-26-21(27)18-13-9-8-12-17(18)20(24-26)22(28)25-15-10-14-23(3,4)19(25)11-6-2/h6,8-9,12-13,19H,2,5,7,10-11,14-16H2,1,3-4H3/t19-/m0/s1. The van der Waals surface area contributed by atoms with E-state index < -0.39 is 0 Å². The van der Waals surface area contributed by atoms with Gasteiger partial charge in [-0.15, -0.1) is 6.58 Å². The molecule has 0 unspecified atom stereocenters. The van der Waals surface area contributed by atoms with E-state index in [1.807, 2.05) is 29.2 Å². The van der Waals surface area contributed by atoms with Crippen LogP contribution in [0.2, 0.25) is 0 Å². The normalized spacial score (nSPS) is 19.0. The molecular formula is C23H31N3O2. The van der Waals surface area contributed by atoms with Crippen LogP contribution in [0.15, 0.2) is 41.7 Å². The molecule has 5 nitrogen and oxygen atoms in total. The Morgan fingerprint density at radius 1 is 1.32 bits per heavy atom. The summed E-state index contributed by atoms with van der Waals surface area (Å²) in [6.45, 7) is 11.7. The number of rotatable bonds is 6. The number of benzene rings is 1. The van der Waals surface area contributed by atoms with Gasteiger partial charge in [-0.25, -0.2) is 4.68 Å². The third kappa shape index (κ3) is 3.75. The van der Waals surface area contributed by atoms with Gasteiger partial charge in [0.2, 0.25) is 0 Å². The molecule has 5 heteroatoms. The second kappa shape index (κ2) is 8.29. The molecule has 1 amide bonds. The highest BCUT2D eigenvalue weighted by molar-refractivity contribution is 6.05. The summed E-state index contributed by atoms with van der Waals surface area (Å²) < 4.78 is 1.47. The highest BCUT2D eigenvalue weighted by Crippen LogP contribution is 2.38. The van der Waals surface area contributed by atoms with E-state index in [0.29, 0.717) is 29.6 Å². The molecule has 1 aromatic heterocycles. The maximum Gasteiger partial charge on any atom is 0.275 e. The van der Waals surface area contributed by atoms with Gasteiger partial charge in [-0.2, -0.15) is 5.10 Å². The zero-order valence-corrected chi connectivity index (χ0v) is 17.3. The van der Waals surface area contributed by atoms with E-state index in [4.69, 9.17) is 0 Å². The van der Waals surface area contributed by atoms with Crippen LogP contribution >= 0.6 is 0 Å². The van der Waals surface area contributed by atoms with Gasteiger partial charge in [0.05, 0.1) is 5.39 Å². The van der Waals surface area contributed by atoms with Crippen LogP contribution in [0.25, 0.3) is 10.8 Å². The van der Waals surface area contributed by atoms with Crippen LogP contribution < -0.4 is 5.56 Å². The van der Waals surface area contributed by atoms with Crippen molar-refractivity contribution in [3.63, 3.8) is 0 Å². The quantitative estimate of drug-likeness (QED) is 0.697. The molecule has 0 spiro atoms. The molecule has 0 bridgehead atoms. The van der Waals surface area contributed by atoms with Gasteiger partial charge >= 0.3 is 0 Å². The molecule has 1 aliphatic heterocycles. The van der Waals surface area contributed by atoms with E-state index in [0.717, 1.165) is 32.1 Å². The number of likely N-dealkylation sites (tertiary alicyclic amines) is 1. The summed E-state index contributed by atoms with van der Waals surface area (Å²) in [6, 6.07) is 7.41. The van der Waals surface area contributed by atoms with Crippen molar-refractivity contribution in [2.75, 3.05) is 6.54 Å². The Labute approximate surface area is 167 Å². The van der Waals surface area contributed by atoms with Crippen molar-refractivity contribution in [2.24, 2.45) is 5.41 Å². The second-order valence-electron chi connectivity index (χ2n) is 8.41. The highest BCUT2D eigenvalue weighted by Gasteiger charge is 2.40. The molecular weight excluding hydrogens is 350 g/mol. The number of nitrogens with zero attached hydrogens (tertiary/aromatic N) is 3. The number of hydrogen-bond acceptors (Lipinski definition) is 3. The Hall–Kier alpha value is -2.43. The number of hydrogen-bond donors (Lipinski definition) is 0. The molecule has 0 saturated carbocycles. The van der Waals surface area contributed by atoms with Gasteiger partial charge in [-0.05, 0) is 37.2 Å². The van der Waals surface area contributed by atoms with E-state index in [1.54, 1.807) is 6.07 Å². The van der Waals surface area contributed by atoms with Crippen LogP contribution in [-0.4, -0.2) is 33.2 Å². The maximum atomic E-state index is 13.6. The predicted molar refractivity (Wildman–Crippen MR) is 114 cm³/mol. The Bertz CT molecular complexity index is 929. The van der Waals surface area contributed by atoms with E-state index in [9.17, 15) is 9.59 Å². The van der Waals surface area contributed by atoms with Crippen LogP contribution in [-0.2, 0) is 6.54 Å². The van der Waals surface area contributed by atoms with Crippen molar-refractivity contribution < 1.29 is 4.79 Å². The average Bonchev–Trinajstić information content (AvgIpc) is 2.68. The Morgan fingerprint density at radius 2 is 2.04 bits per heavy atom. The number of piperidine rings is 1. The fourth-order valence-electron chi connectivity index (χ4n) is 4.29. The zero-order chi connectivity index (χ0) is 20.3. The number of carbonyl (C=O) groups excluding carboxylic acids is 1. The molecule has 0 aliphatic carbocycles. The molecule has 150 valence electrons. The van der Waals surface area contributed by atoms with Crippen molar-refractivity contribution in [1.82, 2.24) is 14.7 Å². The SMILES string of the molecule is C=CC[C@@H]1N(C(=O)c2nn(CCCC)c(=O)c3ccccc23)CCCC1(C)C. The molecule has 28 heavy (non-hydrogen) atoms. The third-order valence-electron chi connectivity index (χ3n) is 5.94. The summed E-state index contributed by atoms with van der Waals surface area (Å²) in [5.74, 6) is -0.0823. The fraction of sp³-hybridized carbons (Fsp3) is 0.522. The van der Waals surface area contributed by atoms with E-state index >= 15 is 0 Å². The Balaban J connectivity index is 2.11. The number of unbranched alkanes of at least 4 members (excludes halogenated alkanes) is 1. The molecule has 2 aromatic rings. The maximum absolute atomic E-state index is 13.6. The molecule has 0 radical (unpaired) electrons. The highest BCUT2D eigenvalue weighted by atomic mass is 16.2. The first-order valence-corrected chi connectivity index (χ1v) is 10.3. The summed E-state index contributed by atoms with van der Waals surface area (Å²) in [6.07, 6.45) is 6.53. The topological polar surface area (TPSA) is 55.2 Å². The van der Waals surface area contributed by atoms with E-state index in [1.165, 1.54) is 4.68 Å². The summed E-state index contributed by atoms with van der Waals surface area (Å²) in [5, 5.41) is 5.75. The smallest absolute Gasteiger partial charge is 0.275 e. The summed E-state index contributed by atoms with van der Waals surface area (Å²) in [4.78, 5) is 28.4. The summed E-state index contributed by atoms with van der Waals surface area (Å²) in [5.41, 5.74) is 0.287. The largest absolute Gasteiger partial charge is 0.333 e. The van der Waals surface area contributed by atoms with Crippen LogP contribution in [0.4, 0.5) is 0 Å². The van der Waals surface area contributed by atoms with Crippen molar-refractivity contribution in [3.05, 3.63) is 53.0 Å². The number of carbonyl (C=O) groups is 1. The molecule has 1 fully saturated rings. The summed E-state index contributed by atoms with van der Waals surface area (Å²) >= 11 is 0. The van der Waals surface area contributed by atoms with Crippen LogP contribution in [0.3, 0.4) is 0 Å². The van der Waals surface area contributed by atoms with E-state index in [2.05, 4.69) is 32.4 Å². The van der Waals surface area contributed by atoms with Crippen molar-refractivity contribution >= 4 is 16.7 Å². The van der Waals surface area contributed by atoms with Gasteiger partial charge < -0.3 is 4.90 Å². The Morgan fingerprint density at radius 3 is 2.71 bits per heavy atom. The number of aryl methyl sites for hydroxylation is 1. The first-order chi connectivity index (χ1) is 13.4. The second-order valence-corrected chi connectivity index (χ2v) is 8.41. The first-order valence-electron chi connectivity index (χ1n) is 10.3. The number of fused-ring (bicyclic) bond motifs is 1. The molecule has 0 N–H and O–H groups in total. The predicted octanol–water partition coefficient (Wildman–Crippen LogP) is 4.40. The molecule has 2 heterocycles. The van der Waals surface area contributed by atoms with Gasteiger partial charge in [0.15, 0.2) is 5.69 Å². The van der Waals surface area contributed by atoms with Crippen LogP contribution in [0, 0.1) is 5.41 Å². The number of aromatic nitrogens is 2. The van der Waals surface area contributed by atoms with Gasteiger partial charge in [-0.3, -0.25) is 9.59 Å². The van der Waals surface area contributed by atoms with Crippen molar-refractivity contribution in [3.8, 4) is 0 Å². The molecule has 1 atom stereocenters. The van der Waals surface area contributed by atoms with Crippen molar-refractivity contribution in [1.29, 1.82) is 0 Å². The minimum Gasteiger partial charge on any atom is -0.333 e.